The van der Waals surface area contributed by atoms with Crippen LogP contribution in [0.25, 0.3) is 0 Å². The van der Waals surface area contributed by atoms with E-state index in [1.54, 1.807) is 0 Å². The minimum atomic E-state index is -4.07. The van der Waals surface area contributed by atoms with Crippen LogP contribution in [-0.4, -0.2) is 15.0 Å². The lowest BCUT2D eigenvalue weighted by Crippen LogP contribution is -2.26. The molecule has 0 aliphatic heterocycles. The van der Waals surface area contributed by atoms with Gasteiger partial charge < -0.3 is 0 Å². The highest BCUT2D eigenvalue weighted by Gasteiger charge is 2.20. The van der Waals surface area contributed by atoms with Crippen molar-refractivity contribution < 1.29 is 17.2 Å². The fourth-order valence-corrected chi connectivity index (χ4v) is 2.59. The van der Waals surface area contributed by atoms with Crippen LogP contribution in [0.5, 0.6) is 0 Å². The van der Waals surface area contributed by atoms with Crippen molar-refractivity contribution in [1.82, 2.24) is 4.72 Å². The molecule has 1 rings (SSSR count). The lowest BCUT2D eigenvalue weighted by molar-refractivity contribution is 0.541. The molecule has 0 fully saturated rings. The molecule has 4 nitrogen and oxygen atoms in total. The molecule has 104 valence electrons. The standard InChI is InChI=1S/C12H14F2N2O2S/c1-9-7-11(14)12(8-10(9)13)19(17,18)16-6-4-2-3-5-15/h7-8,16H,2-4,6H2,1H3. The number of unbranched alkanes of at least 4 members (excludes halogenated alkanes) is 2. The van der Waals surface area contributed by atoms with Crippen molar-refractivity contribution in [2.24, 2.45) is 0 Å². The van der Waals surface area contributed by atoms with Gasteiger partial charge in [0.2, 0.25) is 10.0 Å². The van der Waals surface area contributed by atoms with E-state index in [0.29, 0.717) is 25.3 Å². The zero-order chi connectivity index (χ0) is 14.5. The number of sulfonamides is 1. The van der Waals surface area contributed by atoms with Crippen molar-refractivity contribution in [3.63, 3.8) is 0 Å². The van der Waals surface area contributed by atoms with E-state index in [2.05, 4.69) is 4.72 Å². The van der Waals surface area contributed by atoms with Crippen molar-refractivity contribution in [2.75, 3.05) is 6.54 Å². The lowest BCUT2D eigenvalue weighted by Gasteiger charge is -2.08. The third-order valence-corrected chi connectivity index (χ3v) is 3.99. The van der Waals surface area contributed by atoms with Crippen molar-refractivity contribution in [2.45, 2.75) is 31.1 Å². The molecule has 0 aromatic heterocycles. The number of hydrogen-bond donors (Lipinski definition) is 1. The zero-order valence-electron chi connectivity index (χ0n) is 10.4. The fraction of sp³-hybridized carbons (Fsp3) is 0.417. The highest BCUT2D eigenvalue weighted by Crippen LogP contribution is 2.18. The number of hydrogen-bond acceptors (Lipinski definition) is 3. The van der Waals surface area contributed by atoms with Crippen LogP contribution in [-0.2, 0) is 10.0 Å². The summed E-state index contributed by atoms with van der Waals surface area (Å²) in [5.41, 5.74) is 0.0467. The molecule has 0 radical (unpaired) electrons. The van der Waals surface area contributed by atoms with Crippen molar-refractivity contribution in [1.29, 1.82) is 5.26 Å². The molecule has 0 saturated carbocycles. The Kier molecular flexibility index (Phi) is 5.39. The van der Waals surface area contributed by atoms with Gasteiger partial charge in [-0.25, -0.2) is 21.9 Å². The van der Waals surface area contributed by atoms with Gasteiger partial charge in [-0.15, -0.1) is 0 Å². The van der Waals surface area contributed by atoms with Crippen molar-refractivity contribution >= 4 is 10.0 Å². The van der Waals surface area contributed by atoms with Gasteiger partial charge in [-0.2, -0.15) is 5.26 Å². The van der Waals surface area contributed by atoms with Gasteiger partial charge in [0.15, 0.2) is 0 Å². The highest BCUT2D eigenvalue weighted by molar-refractivity contribution is 7.89. The highest BCUT2D eigenvalue weighted by atomic mass is 32.2. The van der Waals surface area contributed by atoms with E-state index in [-0.39, 0.29) is 12.1 Å². The molecule has 7 heteroatoms. The first-order valence-electron chi connectivity index (χ1n) is 5.70. The summed E-state index contributed by atoms with van der Waals surface area (Å²) >= 11 is 0. The molecule has 1 N–H and O–H groups in total. The average molecular weight is 288 g/mol. The van der Waals surface area contributed by atoms with Gasteiger partial charge in [-0.05, 0) is 37.5 Å². The summed E-state index contributed by atoms with van der Waals surface area (Å²) in [6.07, 6.45) is 1.34. The largest absolute Gasteiger partial charge is 0.243 e. The zero-order valence-corrected chi connectivity index (χ0v) is 11.2. The molecule has 1 aromatic rings. The number of aryl methyl sites for hydroxylation is 1. The van der Waals surface area contributed by atoms with Gasteiger partial charge in [-0.1, -0.05) is 0 Å². The Bertz CT molecular complexity index is 594. The third-order valence-electron chi connectivity index (χ3n) is 2.51. The maximum absolute atomic E-state index is 13.5. The first-order chi connectivity index (χ1) is 8.88. The van der Waals surface area contributed by atoms with Gasteiger partial charge in [0, 0.05) is 13.0 Å². The summed E-state index contributed by atoms with van der Waals surface area (Å²) in [6.45, 7) is 1.43. The van der Waals surface area contributed by atoms with Crippen LogP contribution in [0.2, 0.25) is 0 Å². The number of nitriles is 1. The summed E-state index contributed by atoms with van der Waals surface area (Å²) in [5, 5.41) is 8.32. The molecule has 0 amide bonds. The molecule has 0 aliphatic carbocycles. The first kappa shape index (κ1) is 15.5. The Hall–Kier alpha value is -1.52. The second-order valence-corrected chi connectivity index (χ2v) is 5.78. The van der Waals surface area contributed by atoms with E-state index in [0.717, 1.165) is 6.07 Å². The average Bonchev–Trinajstić information content (AvgIpc) is 2.33. The normalized spacial score (nSPS) is 11.3. The third kappa shape index (κ3) is 4.26. The molecule has 0 bridgehead atoms. The molecular weight excluding hydrogens is 274 g/mol. The van der Waals surface area contributed by atoms with Gasteiger partial charge in [-0.3, -0.25) is 0 Å². The SMILES string of the molecule is Cc1cc(F)c(S(=O)(=O)NCCCCC#N)cc1F. The minimum absolute atomic E-state index is 0.0467. The Morgan fingerprint density at radius 3 is 2.58 bits per heavy atom. The predicted octanol–water partition coefficient (Wildman–Crippen LogP) is 2.25. The Balaban J connectivity index is 2.78. The second kappa shape index (κ2) is 6.59. The lowest BCUT2D eigenvalue weighted by atomic mass is 10.2. The number of halogens is 2. The fourth-order valence-electron chi connectivity index (χ4n) is 1.45. The molecule has 0 atom stereocenters. The maximum Gasteiger partial charge on any atom is 0.243 e. The van der Waals surface area contributed by atoms with E-state index >= 15 is 0 Å². The molecule has 0 aliphatic rings. The smallest absolute Gasteiger partial charge is 0.211 e. The van der Waals surface area contributed by atoms with Crippen LogP contribution in [0, 0.1) is 29.9 Å². The quantitative estimate of drug-likeness (QED) is 0.816. The molecule has 0 saturated heterocycles. The molecule has 19 heavy (non-hydrogen) atoms. The summed E-state index contributed by atoms with van der Waals surface area (Å²) < 4.78 is 52.5. The maximum atomic E-state index is 13.5. The van der Waals surface area contributed by atoms with E-state index in [1.807, 2.05) is 6.07 Å². The summed E-state index contributed by atoms with van der Waals surface area (Å²) in [4.78, 5) is -0.698. The van der Waals surface area contributed by atoms with Crippen LogP contribution in [0.1, 0.15) is 24.8 Å². The second-order valence-electron chi connectivity index (χ2n) is 4.04. The summed E-state index contributed by atoms with van der Waals surface area (Å²) in [5.74, 6) is -1.75. The number of rotatable bonds is 6. The Morgan fingerprint density at radius 2 is 1.95 bits per heavy atom. The number of benzene rings is 1. The number of nitrogens with one attached hydrogen (secondary N) is 1. The topological polar surface area (TPSA) is 70.0 Å². The molecule has 0 heterocycles. The van der Waals surface area contributed by atoms with E-state index in [4.69, 9.17) is 5.26 Å². The summed E-state index contributed by atoms with van der Waals surface area (Å²) in [7, 11) is -4.07. The Labute approximate surface area is 111 Å². The van der Waals surface area contributed by atoms with Crippen LogP contribution in [0.4, 0.5) is 8.78 Å². The van der Waals surface area contributed by atoms with Crippen molar-refractivity contribution in [3.8, 4) is 6.07 Å². The molecule has 1 aromatic carbocycles. The number of nitrogens with zero attached hydrogens (tertiary/aromatic N) is 1. The van der Waals surface area contributed by atoms with E-state index in [1.165, 1.54) is 6.92 Å². The molecule has 0 spiro atoms. The minimum Gasteiger partial charge on any atom is -0.211 e. The van der Waals surface area contributed by atoms with E-state index < -0.39 is 26.6 Å². The predicted molar refractivity (Wildman–Crippen MR) is 65.7 cm³/mol. The van der Waals surface area contributed by atoms with Crippen LogP contribution in [0.15, 0.2) is 17.0 Å². The van der Waals surface area contributed by atoms with Gasteiger partial charge in [0.25, 0.3) is 0 Å². The van der Waals surface area contributed by atoms with Gasteiger partial charge in [0.1, 0.15) is 16.5 Å². The van der Waals surface area contributed by atoms with Gasteiger partial charge >= 0.3 is 0 Å². The monoisotopic (exact) mass is 288 g/mol. The van der Waals surface area contributed by atoms with Crippen molar-refractivity contribution in [3.05, 3.63) is 29.3 Å². The van der Waals surface area contributed by atoms with Crippen LogP contribution >= 0.6 is 0 Å². The van der Waals surface area contributed by atoms with E-state index in [9.17, 15) is 17.2 Å². The Morgan fingerprint density at radius 1 is 1.26 bits per heavy atom. The first-order valence-corrected chi connectivity index (χ1v) is 7.19. The van der Waals surface area contributed by atoms with Gasteiger partial charge in [0.05, 0.1) is 6.07 Å². The van der Waals surface area contributed by atoms with Crippen LogP contribution in [0.3, 0.4) is 0 Å². The van der Waals surface area contributed by atoms with Crippen LogP contribution < -0.4 is 4.72 Å². The molecular formula is C12H14F2N2O2S. The summed E-state index contributed by atoms with van der Waals surface area (Å²) in [6, 6.07) is 3.45. The molecule has 0 unspecified atom stereocenters.